The molecule has 1 amide bonds. The van der Waals surface area contributed by atoms with Gasteiger partial charge in [-0.25, -0.2) is 4.79 Å². The molecule has 0 aromatic heterocycles. The van der Waals surface area contributed by atoms with Crippen LogP contribution in [0.5, 0.6) is 0 Å². The number of rotatable bonds is 2. The molecule has 0 spiro atoms. The summed E-state index contributed by atoms with van der Waals surface area (Å²) in [6.07, 6.45) is 0.0400. The molecule has 0 saturated carbocycles. The van der Waals surface area contributed by atoms with E-state index in [0.29, 0.717) is 13.0 Å². The van der Waals surface area contributed by atoms with Crippen molar-refractivity contribution < 1.29 is 9.53 Å². The molecule has 4 heteroatoms. The van der Waals surface area contributed by atoms with Crippen LogP contribution in [0.25, 0.3) is 0 Å². The summed E-state index contributed by atoms with van der Waals surface area (Å²) in [5.74, 6) is 0. The maximum Gasteiger partial charge on any atom is 0.407 e. The Morgan fingerprint density at radius 2 is 2.31 bits per heavy atom. The van der Waals surface area contributed by atoms with Gasteiger partial charge >= 0.3 is 6.09 Å². The number of benzene rings is 1. The fourth-order valence-corrected chi connectivity index (χ4v) is 2.29. The molecule has 0 bridgehead atoms. The molecule has 0 radical (unpaired) electrons. The number of carbonyl (C=O) groups is 1. The molecule has 1 N–H and O–H groups in total. The van der Waals surface area contributed by atoms with Gasteiger partial charge in [0.1, 0.15) is 6.10 Å². The van der Waals surface area contributed by atoms with E-state index in [4.69, 9.17) is 16.3 Å². The Bertz CT molecular complexity index is 394. The fraction of sp³-hybridized carbons (Fsp3) is 0.417. The maximum absolute atomic E-state index is 11.3. The highest BCUT2D eigenvalue weighted by atomic mass is 35.5. The van der Waals surface area contributed by atoms with Crippen molar-refractivity contribution in [2.75, 3.05) is 6.54 Å². The molecular weight excluding hydrogens is 226 g/mol. The van der Waals surface area contributed by atoms with Gasteiger partial charge in [0.15, 0.2) is 0 Å². The van der Waals surface area contributed by atoms with Crippen LogP contribution in [0.4, 0.5) is 4.79 Å². The second-order valence-electron chi connectivity index (χ2n) is 3.78. The smallest absolute Gasteiger partial charge is 0.407 e. The highest BCUT2D eigenvalue weighted by Gasteiger charge is 2.33. The lowest BCUT2D eigenvalue weighted by Crippen LogP contribution is -2.29. The zero-order valence-corrected chi connectivity index (χ0v) is 9.83. The van der Waals surface area contributed by atoms with Crippen LogP contribution in [0.2, 0.25) is 0 Å². The zero-order chi connectivity index (χ0) is 11.5. The van der Waals surface area contributed by atoms with Crippen molar-refractivity contribution in [3.05, 3.63) is 35.4 Å². The van der Waals surface area contributed by atoms with E-state index in [1.165, 1.54) is 0 Å². The van der Waals surface area contributed by atoms with E-state index in [-0.39, 0.29) is 11.5 Å². The standard InChI is InChI=1S/C12H14ClNO2/c1-2-14-12(15)16-10-7-8-5-3-4-6-9(8)11(10)13/h3-6,10-11H,2,7H2,1H3,(H,14,15)/t10-,11-/m1/s1. The molecule has 2 rings (SSSR count). The molecule has 16 heavy (non-hydrogen) atoms. The van der Waals surface area contributed by atoms with Crippen molar-refractivity contribution in [3.63, 3.8) is 0 Å². The fourth-order valence-electron chi connectivity index (χ4n) is 1.93. The van der Waals surface area contributed by atoms with E-state index in [9.17, 15) is 4.79 Å². The SMILES string of the molecule is CCNC(=O)O[C@@H]1Cc2ccccc2[C@H]1Cl. The Kier molecular flexibility index (Phi) is 3.34. The number of nitrogens with one attached hydrogen (secondary N) is 1. The van der Waals surface area contributed by atoms with Crippen LogP contribution in [0.3, 0.4) is 0 Å². The number of amides is 1. The van der Waals surface area contributed by atoms with Crippen LogP contribution >= 0.6 is 11.6 Å². The Balaban J connectivity index is 2.04. The number of hydrogen-bond acceptors (Lipinski definition) is 2. The predicted molar refractivity (Wildman–Crippen MR) is 62.7 cm³/mol. The Hall–Kier alpha value is -1.22. The minimum absolute atomic E-state index is 0.237. The van der Waals surface area contributed by atoms with Gasteiger partial charge in [0, 0.05) is 13.0 Å². The van der Waals surface area contributed by atoms with Gasteiger partial charge in [-0.05, 0) is 18.1 Å². The third-order valence-corrected chi connectivity index (χ3v) is 3.20. The van der Waals surface area contributed by atoms with Crippen molar-refractivity contribution in [1.29, 1.82) is 0 Å². The summed E-state index contributed by atoms with van der Waals surface area (Å²) < 4.78 is 5.26. The van der Waals surface area contributed by atoms with E-state index < -0.39 is 6.09 Å². The van der Waals surface area contributed by atoms with Gasteiger partial charge in [-0.1, -0.05) is 24.3 Å². The molecule has 86 valence electrons. The van der Waals surface area contributed by atoms with Crippen molar-refractivity contribution >= 4 is 17.7 Å². The van der Waals surface area contributed by atoms with Crippen molar-refractivity contribution in [2.45, 2.75) is 24.8 Å². The van der Waals surface area contributed by atoms with Gasteiger partial charge in [-0.2, -0.15) is 0 Å². The summed E-state index contributed by atoms with van der Waals surface area (Å²) in [6.45, 7) is 2.41. The monoisotopic (exact) mass is 239 g/mol. The molecule has 1 aromatic rings. The Labute approximate surface area is 99.7 Å². The van der Waals surface area contributed by atoms with E-state index in [0.717, 1.165) is 11.1 Å². The average molecular weight is 240 g/mol. The Morgan fingerprint density at radius 3 is 3.00 bits per heavy atom. The summed E-state index contributed by atoms with van der Waals surface area (Å²) in [6, 6.07) is 7.92. The molecule has 1 aliphatic rings. The van der Waals surface area contributed by atoms with Crippen molar-refractivity contribution in [2.24, 2.45) is 0 Å². The molecule has 1 aromatic carbocycles. The first kappa shape index (κ1) is 11.3. The van der Waals surface area contributed by atoms with Crippen LogP contribution in [0, 0.1) is 0 Å². The van der Waals surface area contributed by atoms with Crippen LogP contribution in [-0.4, -0.2) is 18.7 Å². The van der Waals surface area contributed by atoms with E-state index in [1.807, 2.05) is 31.2 Å². The number of ether oxygens (including phenoxy) is 1. The quantitative estimate of drug-likeness (QED) is 0.806. The number of halogens is 1. The van der Waals surface area contributed by atoms with Gasteiger partial charge in [-0.15, -0.1) is 11.6 Å². The summed E-state index contributed by atoms with van der Waals surface area (Å²) in [5, 5.41) is 2.36. The normalized spacial score (nSPS) is 22.6. The first-order chi connectivity index (χ1) is 7.72. The molecule has 0 saturated heterocycles. The summed E-state index contributed by atoms with van der Waals surface area (Å²) in [5.41, 5.74) is 2.23. The second kappa shape index (κ2) is 4.74. The van der Waals surface area contributed by atoms with Crippen molar-refractivity contribution in [3.8, 4) is 0 Å². The molecular formula is C12H14ClNO2. The third-order valence-electron chi connectivity index (χ3n) is 2.68. The topological polar surface area (TPSA) is 38.3 Å². The molecule has 0 heterocycles. The Morgan fingerprint density at radius 1 is 1.56 bits per heavy atom. The van der Waals surface area contributed by atoms with E-state index in [1.54, 1.807) is 0 Å². The molecule has 2 atom stereocenters. The number of carbonyl (C=O) groups excluding carboxylic acids is 1. The first-order valence-electron chi connectivity index (χ1n) is 5.38. The summed E-state index contributed by atoms with van der Waals surface area (Å²) >= 11 is 6.25. The van der Waals surface area contributed by atoms with Gasteiger partial charge in [0.2, 0.25) is 0 Å². The summed E-state index contributed by atoms with van der Waals surface area (Å²) in [4.78, 5) is 11.3. The zero-order valence-electron chi connectivity index (χ0n) is 9.07. The third kappa shape index (κ3) is 2.14. The first-order valence-corrected chi connectivity index (χ1v) is 5.82. The lowest BCUT2D eigenvalue weighted by molar-refractivity contribution is 0.101. The highest BCUT2D eigenvalue weighted by Crippen LogP contribution is 2.37. The lowest BCUT2D eigenvalue weighted by atomic mass is 10.1. The van der Waals surface area contributed by atoms with Gasteiger partial charge < -0.3 is 10.1 Å². The summed E-state index contributed by atoms with van der Waals surface area (Å²) in [7, 11) is 0. The molecule has 0 aliphatic heterocycles. The van der Waals surface area contributed by atoms with E-state index in [2.05, 4.69) is 5.32 Å². The number of alkyl carbamates (subject to hydrolysis) is 1. The van der Waals surface area contributed by atoms with Crippen LogP contribution in [-0.2, 0) is 11.2 Å². The minimum Gasteiger partial charge on any atom is -0.444 e. The van der Waals surface area contributed by atoms with Crippen LogP contribution in [0.1, 0.15) is 23.4 Å². The lowest BCUT2D eigenvalue weighted by Gasteiger charge is -2.15. The average Bonchev–Trinajstić information content (AvgIpc) is 2.57. The predicted octanol–water partition coefficient (Wildman–Crippen LogP) is 2.64. The highest BCUT2D eigenvalue weighted by molar-refractivity contribution is 6.21. The van der Waals surface area contributed by atoms with Crippen molar-refractivity contribution in [1.82, 2.24) is 5.32 Å². The second-order valence-corrected chi connectivity index (χ2v) is 4.25. The molecule has 0 unspecified atom stereocenters. The van der Waals surface area contributed by atoms with Gasteiger partial charge in [0.05, 0.1) is 5.38 Å². The molecule has 1 aliphatic carbocycles. The largest absolute Gasteiger partial charge is 0.444 e. The minimum atomic E-state index is -0.397. The number of hydrogen-bond donors (Lipinski definition) is 1. The van der Waals surface area contributed by atoms with Crippen LogP contribution < -0.4 is 5.32 Å². The van der Waals surface area contributed by atoms with Gasteiger partial charge in [-0.3, -0.25) is 0 Å². The number of fused-ring (bicyclic) bond motifs is 1. The van der Waals surface area contributed by atoms with E-state index >= 15 is 0 Å². The maximum atomic E-state index is 11.3. The molecule has 0 fully saturated rings. The number of alkyl halides is 1. The molecule has 3 nitrogen and oxygen atoms in total. The van der Waals surface area contributed by atoms with Crippen LogP contribution in [0.15, 0.2) is 24.3 Å². The van der Waals surface area contributed by atoms with Gasteiger partial charge in [0.25, 0.3) is 0 Å².